The quantitative estimate of drug-likeness (QED) is 0.655. The summed E-state index contributed by atoms with van der Waals surface area (Å²) in [5.74, 6) is 0.742. The van der Waals surface area contributed by atoms with E-state index in [9.17, 15) is 4.79 Å². The number of imidazole rings is 1. The Morgan fingerprint density at radius 1 is 1.10 bits per heavy atom. The molecule has 3 aromatic rings. The van der Waals surface area contributed by atoms with Gasteiger partial charge in [-0.3, -0.25) is 9.78 Å². The minimum atomic E-state index is -0.193. The van der Waals surface area contributed by atoms with Gasteiger partial charge in [0.05, 0.1) is 36.8 Å². The van der Waals surface area contributed by atoms with Gasteiger partial charge < -0.3 is 23.7 Å². The van der Waals surface area contributed by atoms with Crippen LogP contribution >= 0.6 is 0 Å². The highest BCUT2D eigenvalue weighted by molar-refractivity contribution is 5.80. The zero-order valence-electron chi connectivity index (χ0n) is 16.8. The van der Waals surface area contributed by atoms with Crippen molar-refractivity contribution < 1.29 is 19.0 Å². The molecule has 8 heteroatoms. The number of carbonyl (C=O) groups is 1. The standard InChI is InChI=1S/C22H24N4O4/c1-15-6-7-16(8-23-15)30-17-12-28-20-9-25(10-21(20)29-13-17)22(27)11-26-14-24-18-4-2-3-5-19(18)26/h2-8,14,17,20-21H,9-13H2,1H3/t20-,21-/m0/s1. The van der Waals surface area contributed by atoms with Gasteiger partial charge in [-0.15, -0.1) is 0 Å². The van der Waals surface area contributed by atoms with E-state index in [-0.39, 0.29) is 30.8 Å². The molecule has 30 heavy (non-hydrogen) atoms. The van der Waals surface area contributed by atoms with Crippen LogP contribution in [0, 0.1) is 6.92 Å². The number of hydrogen-bond acceptors (Lipinski definition) is 6. The van der Waals surface area contributed by atoms with Crippen molar-refractivity contribution in [1.29, 1.82) is 0 Å². The summed E-state index contributed by atoms with van der Waals surface area (Å²) in [4.78, 5) is 23.3. The lowest BCUT2D eigenvalue weighted by Gasteiger charge is -2.20. The molecule has 4 heterocycles. The van der Waals surface area contributed by atoms with Crippen molar-refractivity contribution in [2.24, 2.45) is 0 Å². The number of hydrogen-bond donors (Lipinski definition) is 0. The van der Waals surface area contributed by atoms with Crippen LogP contribution in [-0.4, -0.2) is 70.0 Å². The van der Waals surface area contributed by atoms with E-state index in [0.717, 1.165) is 16.7 Å². The van der Waals surface area contributed by atoms with E-state index in [0.29, 0.717) is 32.1 Å². The lowest BCUT2D eigenvalue weighted by atomic mass is 10.3. The largest absolute Gasteiger partial charge is 0.484 e. The van der Waals surface area contributed by atoms with Crippen LogP contribution in [0.2, 0.25) is 0 Å². The third-order valence-corrected chi connectivity index (χ3v) is 5.58. The Bertz CT molecular complexity index is 1020. The molecular formula is C22H24N4O4. The summed E-state index contributed by atoms with van der Waals surface area (Å²) in [7, 11) is 0. The van der Waals surface area contributed by atoms with Crippen LogP contribution in [0.4, 0.5) is 0 Å². The monoisotopic (exact) mass is 408 g/mol. The van der Waals surface area contributed by atoms with Crippen LogP contribution in [0.5, 0.6) is 5.75 Å². The minimum Gasteiger partial charge on any atom is -0.484 e. The van der Waals surface area contributed by atoms with Gasteiger partial charge in [-0.25, -0.2) is 4.98 Å². The minimum absolute atomic E-state index is 0.0388. The molecule has 2 fully saturated rings. The Kier molecular flexibility index (Phi) is 5.10. The molecule has 5 rings (SSSR count). The van der Waals surface area contributed by atoms with E-state index in [2.05, 4.69) is 9.97 Å². The third kappa shape index (κ3) is 3.88. The zero-order valence-corrected chi connectivity index (χ0v) is 16.8. The summed E-state index contributed by atoms with van der Waals surface area (Å²) in [5.41, 5.74) is 2.79. The smallest absolute Gasteiger partial charge is 0.242 e. The molecule has 0 saturated carbocycles. The second-order valence-corrected chi connectivity index (χ2v) is 7.78. The molecule has 0 bridgehead atoms. The number of aryl methyl sites for hydroxylation is 1. The molecule has 0 spiro atoms. The van der Waals surface area contributed by atoms with Crippen molar-refractivity contribution in [1.82, 2.24) is 19.4 Å². The average molecular weight is 408 g/mol. The number of fused-ring (bicyclic) bond motifs is 2. The molecule has 2 atom stereocenters. The number of pyridine rings is 1. The average Bonchev–Trinajstić information content (AvgIpc) is 3.31. The Balaban J connectivity index is 1.17. The van der Waals surface area contributed by atoms with Crippen LogP contribution in [0.15, 0.2) is 48.9 Å². The first-order valence-electron chi connectivity index (χ1n) is 10.2. The molecule has 2 aromatic heterocycles. The van der Waals surface area contributed by atoms with Gasteiger partial charge in [0.15, 0.2) is 0 Å². The Hall–Kier alpha value is -2.97. The Morgan fingerprint density at radius 3 is 2.60 bits per heavy atom. The second-order valence-electron chi connectivity index (χ2n) is 7.78. The summed E-state index contributed by atoms with van der Waals surface area (Å²) in [6, 6.07) is 11.6. The van der Waals surface area contributed by atoms with E-state index >= 15 is 0 Å². The van der Waals surface area contributed by atoms with E-state index < -0.39 is 0 Å². The number of ether oxygens (including phenoxy) is 3. The topological polar surface area (TPSA) is 78.7 Å². The first-order chi connectivity index (χ1) is 14.7. The molecule has 1 aromatic carbocycles. The maximum atomic E-state index is 12.9. The molecule has 0 N–H and O–H groups in total. The molecule has 156 valence electrons. The van der Waals surface area contributed by atoms with Crippen molar-refractivity contribution >= 4 is 16.9 Å². The van der Waals surface area contributed by atoms with E-state index in [4.69, 9.17) is 14.2 Å². The second kappa shape index (κ2) is 8.04. The predicted molar refractivity (Wildman–Crippen MR) is 109 cm³/mol. The maximum Gasteiger partial charge on any atom is 0.242 e. The van der Waals surface area contributed by atoms with Crippen molar-refractivity contribution in [3.05, 3.63) is 54.6 Å². The van der Waals surface area contributed by atoms with Gasteiger partial charge >= 0.3 is 0 Å². The molecule has 2 aliphatic rings. The van der Waals surface area contributed by atoms with Gasteiger partial charge in [-0.05, 0) is 31.2 Å². The first-order valence-corrected chi connectivity index (χ1v) is 10.2. The SMILES string of the molecule is Cc1ccc(OC2CO[C@H]3CN(C(=O)Cn4cnc5ccccc54)C[C@@H]3OC2)cn1. The number of carbonyl (C=O) groups excluding carboxylic acids is 1. The number of rotatable bonds is 4. The maximum absolute atomic E-state index is 12.9. The number of nitrogens with zero attached hydrogens (tertiary/aromatic N) is 4. The first kappa shape index (κ1) is 19.0. The van der Waals surface area contributed by atoms with Crippen molar-refractivity contribution in [3.8, 4) is 5.75 Å². The highest BCUT2D eigenvalue weighted by atomic mass is 16.6. The fourth-order valence-corrected chi connectivity index (χ4v) is 3.94. The zero-order chi connectivity index (χ0) is 20.5. The van der Waals surface area contributed by atoms with Gasteiger partial charge in [-0.2, -0.15) is 0 Å². The van der Waals surface area contributed by atoms with Gasteiger partial charge in [0.1, 0.15) is 30.6 Å². The Morgan fingerprint density at radius 2 is 1.87 bits per heavy atom. The molecule has 0 aliphatic carbocycles. The van der Waals surface area contributed by atoms with Crippen LogP contribution < -0.4 is 4.74 Å². The lowest BCUT2D eigenvalue weighted by molar-refractivity contribution is -0.131. The van der Waals surface area contributed by atoms with Gasteiger partial charge in [0, 0.05) is 18.8 Å². The summed E-state index contributed by atoms with van der Waals surface area (Å²) in [6.45, 7) is 4.08. The van der Waals surface area contributed by atoms with Crippen LogP contribution in [-0.2, 0) is 20.8 Å². The Labute approximate surface area is 174 Å². The normalized spacial score (nSPS) is 22.1. The number of likely N-dealkylation sites (tertiary alicyclic amines) is 1. The molecule has 0 unspecified atom stereocenters. The van der Waals surface area contributed by atoms with E-state index in [1.54, 1.807) is 12.5 Å². The number of aromatic nitrogens is 3. The van der Waals surface area contributed by atoms with Gasteiger partial charge in [0.25, 0.3) is 0 Å². The summed E-state index contributed by atoms with van der Waals surface area (Å²) < 4.78 is 19.9. The predicted octanol–water partition coefficient (Wildman–Crippen LogP) is 1.81. The molecule has 8 nitrogen and oxygen atoms in total. The number of amides is 1. The van der Waals surface area contributed by atoms with Crippen molar-refractivity contribution in [2.75, 3.05) is 26.3 Å². The van der Waals surface area contributed by atoms with E-state index in [1.807, 2.05) is 52.8 Å². The molecule has 2 saturated heterocycles. The molecule has 0 radical (unpaired) electrons. The summed E-state index contributed by atoms with van der Waals surface area (Å²) in [5, 5.41) is 0. The number of para-hydroxylation sites is 2. The summed E-state index contributed by atoms with van der Waals surface area (Å²) >= 11 is 0. The summed E-state index contributed by atoms with van der Waals surface area (Å²) in [6.07, 6.45) is 2.95. The molecule has 1 amide bonds. The lowest BCUT2D eigenvalue weighted by Crippen LogP contribution is -2.34. The van der Waals surface area contributed by atoms with Crippen molar-refractivity contribution in [3.63, 3.8) is 0 Å². The van der Waals surface area contributed by atoms with Gasteiger partial charge in [-0.1, -0.05) is 12.1 Å². The van der Waals surface area contributed by atoms with Crippen LogP contribution in [0.3, 0.4) is 0 Å². The number of benzene rings is 1. The van der Waals surface area contributed by atoms with Crippen molar-refractivity contribution in [2.45, 2.75) is 31.8 Å². The van der Waals surface area contributed by atoms with Crippen LogP contribution in [0.1, 0.15) is 5.69 Å². The van der Waals surface area contributed by atoms with Gasteiger partial charge in [0.2, 0.25) is 5.91 Å². The molecular weight excluding hydrogens is 384 g/mol. The fourth-order valence-electron chi connectivity index (χ4n) is 3.94. The highest BCUT2D eigenvalue weighted by Crippen LogP contribution is 2.23. The fraction of sp³-hybridized carbons (Fsp3) is 0.409. The van der Waals surface area contributed by atoms with E-state index in [1.165, 1.54) is 0 Å². The highest BCUT2D eigenvalue weighted by Gasteiger charge is 2.39. The third-order valence-electron chi connectivity index (χ3n) is 5.58. The molecule has 2 aliphatic heterocycles. The van der Waals surface area contributed by atoms with Crippen LogP contribution in [0.25, 0.3) is 11.0 Å².